The Hall–Kier alpha value is -2.18. The van der Waals surface area contributed by atoms with Crippen LogP contribution in [-0.2, 0) is 17.8 Å². The number of aliphatic hydroxyl groups is 1. The molecule has 0 spiro atoms. The molecule has 140 valence electrons. The van der Waals surface area contributed by atoms with Crippen molar-refractivity contribution in [1.82, 2.24) is 14.5 Å². The van der Waals surface area contributed by atoms with Crippen molar-refractivity contribution in [3.63, 3.8) is 0 Å². The van der Waals surface area contributed by atoms with Gasteiger partial charge in [0.1, 0.15) is 12.4 Å². The molecule has 0 unspecified atom stereocenters. The van der Waals surface area contributed by atoms with Crippen molar-refractivity contribution < 1.29 is 9.90 Å². The van der Waals surface area contributed by atoms with Crippen molar-refractivity contribution in [2.24, 2.45) is 0 Å². The van der Waals surface area contributed by atoms with Crippen LogP contribution in [0.3, 0.4) is 0 Å². The maximum atomic E-state index is 13.0. The van der Waals surface area contributed by atoms with Crippen LogP contribution in [-0.4, -0.2) is 45.2 Å². The number of rotatable bonds is 7. The highest BCUT2D eigenvalue weighted by Crippen LogP contribution is 2.21. The number of aryl methyl sites for hydroxylation is 1. The van der Waals surface area contributed by atoms with Gasteiger partial charge >= 0.3 is 0 Å². The molecule has 2 aromatic rings. The molecule has 6 nitrogen and oxygen atoms in total. The lowest BCUT2D eigenvalue weighted by Crippen LogP contribution is -2.38. The maximum absolute atomic E-state index is 13.0. The molecule has 1 amide bonds. The summed E-state index contributed by atoms with van der Waals surface area (Å²) < 4.78 is 1.38. The van der Waals surface area contributed by atoms with E-state index in [2.05, 4.69) is 4.98 Å². The summed E-state index contributed by atoms with van der Waals surface area (Å²) in [6.45, 7) is 6.40. The Morgan fingerprint density at radius 2 is 2.00 bits per heavy atom. The number of benzene rings is 1. The molecule has 0 fully saturated rings. The lowest BCUT2D eigenvalue weighted by Gasteiger charge is -2.21. The van der Waals surface area contributed by atoms with E-state index in [1.807, 2.05) is 13.8 Å². The normalized spacial score (nSPS) is 10.8. The molecule has 0 aliphatic rings. The largest absolute Gasteiger partial charge is 0.396 e. The van der Waals surface area contributed by atoms with Gasteiger partial charge in [0.05, 0.1) is 0 Å². The van der Waals surface area contributed by atoms with Crippen molar-refractivity contribution in [3.8, 4) is 11.4 Å². The fourth-order valence-corrected chi connectivity index (χ4v) is 3.10. The molecule has 0 bridgehead atoms. The molecule has 0 saturated carbocycles. The summed E-state index contributed by atoms with van der Waals surface area (Å²) in [5.74, 6) is 0.248. The van der Waals surface area contributed by atoms with Crippen molar-refractivity contribution in [1.29, 1.82) is 0 Å². The molecule has 0 atom stereocenters. The smallest absolute Gasteiger partial charge is 0.257 e. The van der Waals surface area contributed by atoms with Gasteiger partial charge in [-0.25, -0.2) is 4.98 Å². The van der Waals surface area contributed by atoms with Gasteiger partial charge < -0.3 is 10.0 Å². The average molecular weight is 378 g/mol. The predicted molar refractivity (Wildman–Crippen MR) is 102 cm³/mol. The van der Waals surface area contributed by atoms with E-state index < -0.39 is 0 Å². The van der Waals surface area contributed by atoms with Crippen LogP contribution in [0, 0.1) is 6.92 Å². The lowest BCUT2D eigenvalue weighted by molar-refractivity contribution is -0.131. The summed E-state index contributed by atoms with van der Waals surface area (Å²) in [5, 5.41) is 9.78. The number of hydrogen-bond donors (Lipinski definition) is 1. The zero-order valence-corrected chi connectivity index (χ0v) is 16.1. The van der Waals surface area contributed by atoms with Crippen LogP contribution in [0.1, 0.15) is 25.1 Å². The molecule has 1 heterocycles. The predicted octanol–water partition coefficient (Wildman–Crippen LogP) is 2.28. The van der Waals surface area contributed by atoms with E-state index in [-0.39, 0.29) is 31.0 Å². The molecule has 1 aromatic carbocycles. The third-order valence-corrected chi connectivity index (χ3v) is 4.56. The van der Waals surface area contributed by atoms with Crippen LogP contribution in [0.4, 0.5) is 0 Å². The molecule has 0 aliphatic heterocycles. The quantitative estimate of drug-likeness (QED) is 0.803. The first kappa shape index (κ1) is 20.1. The minimum atomic E-state index is -0.304. The number of carbonyl (C=O) groups is 1. The summed E-state index contributed by atoms with van der Waals surface area (Å²) in [5.41, 5.74) is 1.33. The van der Waals surface area contributed by atoms with Crippen LogP contribution >= 0.6 is 11.6 Å². The molecule has 0 radical (unpaired) electrons. The molecule has 7 heteroatoms. The minimum absolute atomic E-state index is 0.103. The topological polar surface area (TPSA) is 75.4 Å². The lowest BCUT2D eigenvalue weighted by atomic mass is 10.1. The van der Waals surface area contributed by atoms with Gasteiger partial charge in [0, 0.05) is 48.0 Å². The highest BCUT2D eigenvalue weighted by atomic mass is 35.5. The molecule has 26 heavy (non-hydrogen) atoms. The molecule has 1 N–H and O–H groups in total. The van der Waals surface area contributed by atoms with E-state index in [1.54, 1.807) is 36.1 Å². The first-order valence-corrected chi connectivity index (χ1v) is 9.05. The van der Waals surface area contributed by atoms with E-state index in [4.69, 9.17) is 11.6 Å². The van der Waals surface area contributed by atoms with Crippen molar-refractivity contribution in [3.05, 3.63) is 50.9 Å². The maximum Gasteiger partial charge on any atom is 0.257 e. The number of hydrogen-bond acceptors (Lipinski definition) is 4. The van der Waals surface area contributed by atoms with E-state index in [9.17, 15) is 14.7 Å². The zero-order valence-electron chi connectivity index (χ0n) is 15.3. The van der Waals surface area contributed by atoms with Gasteiger partial charge in [-0.3, -0.25) is 14.2 Å². The first-order valence-electron chi connectivity index (χ1n) is 8.67. The van der Waals surface area contributed by atoms with Crippen molar-refractivity contribution in [2.45, 2.75) is 33.7 Å². The van der Waals surface area contributed by atoms with Gasteiger partial charge in [-0.2, -0.15) is 0 Å². The molecule has 2 rings (SSSR count). The summed E-state index contributed by atoms with van der Waals surface area (Å²) in [4.78, 5) is 31.8. The number of halogens is 1. The minimum Gasteiger partial charge on any atom is -0.396 e. The fourth-order valence-electron chi connectivity index (χ4n) is 2.91. The van der Waals surface area contributed by atoms with Crippen LogP contribution in [0.25, 0.3) is 11.4 Å². The zero-order chi connectivity index (χ0) is 19.3. The molecular formula is C19H24ClN3O3. The average Bonchev–Trinajstić information content (AvgIpc) is 2.62. The van der Waals surface area contributed by atoms with Crippen molar-refractivity contribution >= 4 is 17.5 Å². The van der Waals surface area contributed by atoms with E-state index in [0.717, 1.165) is 0 Å². The summed E-state index contributed by atoms with van der Waals surface area (Å²) in [6, 6.07) is 7.03. The monoisotopic (exact) mass is 377 g/mol. The number of aromatic nitrogens is 2. The van der Waals surface area contributed by atoms with Crippen LogP contribution < -0.4 is 5.56 Å². The van der Waals surface area contributed by atoms with E-state index >= 15 is 0 Å². The second-order valence-corrected chi connectivity index (χ2v) is 6.38. The van der Waals surface area contributed by atoms with E-state index in [1.165, 1.54) is 4.57 Å². The molecule has 0 aliphatic carbocycles. The highest BCUT2D eigenvalue weighted by Gasteiger charge is 2.19. The number of amides is 1. The van der Waals surface area contributed by atoms with Crippen LogP contribution in [0.15, 0.2) is 29.1 Å². The Morgan fingerprint density at radius 3 is 2.58 bits per heavy atom. The number of likely N-dealkylation sites (N-methyl/N-ethyl adjacent to an activating group) is 1. The summed E-state index contributed by atoms with van der Waals surface area (Å²) in [6.07, 6.45) is 0.201. The number of carbonyl (C=O) groups excluding carboxylic acids is 1. The number of nitrogens with zero attached hydrogens (tertiary/aromatic N) is 3. The summed E-state index contributed by atoms with van der Waals surface area (Å²) in [7, 11) is 0. The van der Waals surface area contributed by atoms with Gasteiger partial charge in [0.25, 0.3) is 5.56 Å². The fraction of sp³-hybridized carbons (Fsp3) is 0.421. The van der Waals surface area contributed by atoms with Gasteiger partial charge in [-0.15, -0.1) is 0 Å². The van der Waals surface area contributed by atoms with Gasteiger partial charge in [-0.1, -0.05) is 23.7 Å². The van der Waals surface area contributed by atoms with Gasteiger partial charge in [0.2, 0.25) is 5.91 Å². The Balaban J connectivity index is 2.63. The van der Waals surface area contributed by atoms with Gasteiger partial charge in [0.15, 0.2) is 0 Å². The molecular weight excluding hydrogens is 354 g/mol. The van der Waals surface area contributed by atoms with Crippen molar-refractivity contribution in [2.75, 3.05) is 19.7 Å². The molecule has 0 saturated heterocycles. The van der Waals surface area contributed by atoms with Gasteiger partial charge in [-0.05, 0) is 32.9 Å². The van der Waals surface area contributed by atoms with E-state index in [0.29, 0.717) is 40.8 Å². The standard InChI is InChI=1S/C19H24ClN3O3/c1-4-22(5-2)17(25)12-23-18(14-7-6-8-15(20)11-14)21-13(3)16(9-10-24)19(23)26/h6-8,11,24H,4-5,9-10,12H2,1-3H3. The Labute approximate surface area is 158 Å². The van der Waals surface area contributed by atoms with Crippen LogP contribution in [0.5, 0.6) is 0 Å². The second-order valence-electron chi connectivity index (χ2n) is 5.94. The number of aliphatic hydroxyl groups excluding tert-OH is 1. The Bertz CT molecular complexity index is 844. The van der Waals surface area contributed by atoms with Crippen LogP contribution in [0.2, 0.25) is 5.02 Å². The highest BCUT2D eigenvalue weighted by molar-refractivity contribution is 6.30. The SMILES string of the molecule is CCN(CC)C(=O)Cn1c(-c2cccc(Cl)c2)nc(C)c(CCO)c1=O. The third kappa shape index (κ3) is 4.31. The Kier molecular flexibility index (Phi) is 6.94. The molecule has 1 aromatic heterocycles. The first-order chi connectivity index (χ1) is 12.4. The Morgan fingerprint density at radius 1 is 1.31 bits per heavy atom. The summed E-state index contributed by atoms with van der Waals surface area (Å²) >= 11 is 6.09. The third-order valence-electron chi connectivity index (χ3n) is 4.32. The second kappa shape index (κ2) is 8.96.